The molecule has 1 aromatic carbocycles. The molecular weight excluding hydrogens is 426 g/mol. The number of amidine groups is 1. The van der Waals surface area contributed by atoms with Crippen LogP contribution in [0.5, 0.6) is 11.5 Å². The monoisotopic (exact) mass is 458 g/mol. The molecule has 10 nitrogen and oxygen atoms in total. The van der Waals surface area contributed by atoms with Crippen LogP contribution in [-0.4, -0.2) is 108 Å². The second-order valence-electron chi connectivity index (χ2n) is 8.61. The molecular formula is C23H32N5O5+. The first kappa shape index (κ1) is 23.0. The van der Waals surface area contributed by atoms with E-state index in [1.165, 1.54) is 11.9 Å². The number of carbonyl (C=O) groups excluding carboxylic acids is 2. The Morgan fingerprint density at radius 1 is 1.06 bits per heavy atom. The van der Waals surface area contributed by atoms with Crippen molar-refractivity contribution < 1.29 is 28.7 Å². The Labute approximate surface area is 193 Å². The molecule has 0 radical (unpaired) electrons. The fourth-order valence-electron chi connectivity index (χ4n) is 4.44. The maximum Gasteiger partial charge on any atom is 0.392 e. The Hall–Kier alpha value is -3.14. The summed E-state index contributed by atoms with van der Waals surface area (Å²) in [7, 11) is 4.70. The molecule has 2 unspecified atom stereocenters. The number of aliphatic imine (C=N–C) groups is 1. The molecule has 3 amide bonds. The van der Waals surface area contributed by atoms with Crippen LogP contribution in [0.4, 0.5) is 4.79 Å². The molecule has 4 rings (SSSR count). The van der Waals surface area contributed by atoms with Crippen LogP contribution in [-0.2, 0) is 4.79 Å². The number of carbonyl (C=O) groups is 2. The number of nitrogens with zero attached hydrogens (tertiary/aromatic N) is 5. The summed E-state index contributed by atoms with van der Waals surface area (Å²) in [6.07, 6.45) is 3.52. The maximum absolute atomic E-state index is 13.1. The highest BCUT2D eigenvalue weighted by Gasteiger charge is 2.55. The third-order valence-electron chi connectivity index (χ3n) is 6.31. The summed E-state index contributed by atoms with van der Waals surface area (Å²) < 4.78 is 13.1. The average molecular weight is 459 g/mol. The van der Waals surface area contributed by atoms with Crippen molar-refractivity contribution in [2.75, 3.05) is 47.4 Å². The second-order valence-corrected chi connectivity index (χ2v) is 8.61. The van der Waals surface area contributed by atoms with Crippen LogP contribution in [0.25, 0.3) is 0 Å². The van der Waals surface area contributed by atoms with E-state index in [4.69, 9.17) is 14.5 Å². The Bertz CT molecular complexity index is 950. The van der Waals surface area contributed by atoms with Gasteiger partial charge in [-0.15, -0.1) is 0 Å². The van der Waals surface area contributed by atoms with Crippen molar-refractivity contribution in [1.82, 2.24) is 14.7 Å². The molecule has 0 saturated carbocycles. The van der Waals surface area contributed by atoms with E-state index in [-0.39, 0.29) is 19.1 Å². The van der Waals surface area contributed by atoms with Crippen molar-refractivity contribution in [2.45, 2.75) is 37.8 Å². The van der Waals surface area contributed by atoms with Gasteiger partial charge in [0, 0.05) is 14.1 Å². The van der Waals surface area contributed by atoms with Crippen molar-refractivity contribution in [3.8, 4) is 11.5 Å². The number of guanidine groups is 1. The Balaban J connectivity index is 1.55. The molecule has 2 saturated heterocycles. The highest BCUT2D eigenvalue weighted by atomic mass is 16.5. The molecule has 2 fully saturated rings. The third kappa shape index (κ3) is 4.66. The summed E-state index contributed by atoms with van der Waals surface area (Å²) in [5.74, 6) is 2.04. The first-order valence-corrected chi connectivity index (χ1v) is 11.4. The first-order chi connectivity index (χ1) is 15.9. The van der Waals surface area contributed by atoms with Gasteiger partial charge in [-0.25, -0.2) is 9.69 Å². The van der Waals surface area contributed by atoms with Crippen molar-refractivity contribution in [2.24, 2.45) is 4.99 Å². The van der Waals surface area contributed by atoms with Gasteiger partial charge in [0.05, 0.1) is 26.7 Å². The van der Waals surface area contributed by atoms with Crippen LogP contribution in [0.1, 0.15) is 25.7 Å². The number of β-amino-alcohol motifs (C(OH)–C–C–N with tert-alkyl or cyclic N) is 1. The number of urea groups is 1. The molecule has 3 aliphatic heterocycles. The normalized spacial score (nSPS) is 22.2. The Morgan fingerprint density at radius 2 is 1.70 bits per heavy atom. The summed E-state index contributed by atoms with van der Waals surface area (Å²) in [6.45, 7) is 1.86. The first-order valence-electron chi connectivity index (χ1n) is 11.4. The van der Waals surface area contributed by atoms with E-state index in [1.54, 1.807) is 38.4 Å². The minimum absolute atomic E-state index is 0.0525. The summed E-state index contributed by atoms with van der Waals surface area (Å²) >= 11 is 0. The average Bonchev–Trinajstić information content (AvgIpc) is 2.99. The standard InChI is InChI=1S/C23H32N5O5/c1-25-20-19(21(30)26(2)23(25)31)28(22(24-20)27-12-6-4-5-7-13-27)14-16(29)15-33-18-10-8-17(32-3)9-11-18/h8-11,16,19,29H,4-7,12-15H2,1-3H3/q+1. The highest BCUT2D eigenvalue weighted by molar-refractivity contribution is 6.25. The molecule has 0 spiro atoms. The van der Waals surface area contributed by atoms with E-state index in [0.717, 1.165) is 49.4 Å². The number of hydrogen-bond donors (Lipinski definition) is 1. The summed E-state index contributed by atoms with van der Waals surface area (Å²) in [4.78, 5) is 34.7. The van der Waals surface area contributed by atoms with Crippen LogP contribution in [0, 0.1) is 0 Å². The lowest BCUT2D eigenvalue weighted by molar-refractivity contribution is -0.531. The number of imide groups is 1. The highest BCUT2D eigenvalue weighted by Crippen LogP contribution is 2.24. The topological polar surface area (TPSA) is 97.9 Å². The third-order valence-corrected chi connectivity index (χ3v) is 6.31. The fraction of sp³-hybridized carbons (Fsp3) is 0.565. The van der Waals surface area contributed by atoms with Crippen molar-refractivity contribution in [3.05, 3.63) is 24.3 Å². The zero-order chi connectivity index (χ0) is 23.5. The number of rotatable bonds is 6. The van der Waals surface area contributed by atoms with Crippen molar-refractivity contribution >= 4 is 23.7 Å². The van der Waals surface area contributed by atoms with Gasteiger partial charge in [0.25, 0.3) is 5.91 Å². The number of likely N-dealkylation sites (N-methyl/N-ethyl adjacent to an activating group) is 2. The lowest BCUT2D eigenvalue weighted by Gasteiger charge is -2.33. The molecule has 0 aromatic heterocycles. The van der Waals surface area contributed by atoms with Gasteiger partial charge in [-0.2, -0.15) is 0 Å². The smallest absolute Gasteiger partial charge is 0.392 e. The van der Waals surface area contributed by atoms with Gasteiger partial charge in [0.1, 0.15) is 24.2 Å². The number of ether oxygens (including phenoxy) is 2. The Kier molecular flexibility index (Phi) is 6.83. The van der Waals surface area contributed by atoms with Crippen LogP contribution in [0.2, 0.25) is 0 Å². The number of fused-ring (bicyclic) bond motifs is 1. The minimum atomic E-state index is -0.871. The molecule has 33 heavy (non-hydrogen) atoms. The second kappa shape index (κ2) is 9.78. The summed E-state index contributed by atoms with van der Waals surface area (Å²) in [5.41, 5.74) is 0. The van der Waals surface area contributed by atoms with E-state index in [1.807, 2.05) is 4.90 Å². The van der Waals surface area contributed by atoms with E-state index >= 15 is 0 Å². The Morgan fingerprint density at radius 3 is 2.33 bits per heavy atom. The molecule has 3 heterocycles. The predicted octanol–water partition coefficient (Wildman–Crippen LogP) is 0.984. The van der Waals surface area contributed by atoms with Crippen LogP contribution < -0.4 is 9.47 Å². The van der Waals surface area contributed by atoms with Gasteiger partial charge in [0.2, 0.25) is 11.9 Å². The van der Waals surface area contributed by atoms with Gasteiger partial charge in [0.15, 0.2) is 0 Å². The number of amides is 3. The molecule has 10 heteroatoms. The number of benzene rings is 1. The van der Waals surface area contributed by atoms with Gasteiger partial charge < -0.3 is 14.6 Å². The molecule has 178 valence electrons. The van der Waals surface area contributed by atoms with Crippen LogP contribution in [0.15, 0.2) is 29.3 Å². The van der Waals surface area contributed by atoms with E-state index in [0.29, 0.717) is 17.5 Å². The number of aliphatic hydroxyl groups is 1. The molecule has 1 N–H and O–H groups in total. The fourth-order valence-corrected chi connectivity index (χ4v) is 4.44. The van der Waals surface area contributed by atoms with Crippen molar-refractivity contribution in [1.29, 1.82) is 0 Å². The van der Waals surface area contributed by atoms with E-state index in [9.17, 15) is 14.7 Å². The van der Waals surface area contributed by atoms with E-state index < -0.39 is 18.2 Å². The molecule has 2 atom stereocenters. The largest absolute Gasteiger partial charge is 0.497 e. The zero-order valence-electron chi connectivity index (χ0n) is 19.4. The molecule has 1 aromatic rings. The molecule has 0 aliphatic carbocycles. The summed E-state index contributed by atoms with van der Waals surface area (Å²) in [5, 5.41) is 10.8. The number of hydrogen-bond acceptors (Lipinski definition) is 5. The number of methoxy groups -OCH3 is 1. The van der Waals surface area contributed by atoms with E-state index in [2.05, 4.69) is 4.58 Å². The lowest BCUT2D eigenvalue weighted by atomic mass is 10.1. The van der Waals surface area contributed by atoms with Crippen LogP contribution in [0.3, 0.4) is 0 Å². The van der Waals surface area contributed by atoms with Gasteiger partial charge >= 0.3 is 12.0 Å². The number of aliphatic hydroxyl groups excluding tert-OH is 1. The maximum atomic E-state index is 13.1. The predicted molar refractivity (Wildman–Crippen MR) is 122 cm³/mol. The SMILES string of the molecule is COc1ccc(OCC(O)CN2C(=[N+]3CCCCCC3)N=C3C2C(=O)N(C)C(=O)N3C)cc1. The summed E-state index contributed by atoms with van der Waals surface area (Å²) in [6, 6.07) is 5.98. The van der Waals surface area contributed by atoms with Gasteiger partial charge in [-0.1, -0.05) is 17.8 Å². The van der Waals surface area contributed by atoms with Crippen LogP contribution >= 0.6 is 0 Å². The minimum Gasteiger partial charge on any atom is -0.497 e. The lowest BCUT2D eigenvalue weighted by Crippen LogP contribution is -2.63. The van der Waals surface area contributed by atoms with Gasteiger partial charge in [-0.05, 0) is 37.1 Å². The molecule has 0 bridgehead atoms. The van der Waals surface area contributed by atoms with Gasteiger partial charge in [-0.3, -0.25) is 19.2 Å². The quantitative estimate of drug-likeness (QED) is 0.639. The van der Waals surface area contributed by atoms with Crippen molar-refractivity contribution in [3.63, 3.8) is 0 Å². The zero-order valence-corrected chi connectivity index (χ0v) is 19.4. The molecule has 3 aliphatic rings.